The second kappa shape index (κ2) is 10.5. The van der Waals surface area contributed by atoms with Crippen LogP contribution in [0.4, 0.5) is 0 Å². The summed E-state index contributed by atoms with van der Waals surface area (Å²) in [5, 5.41) is 0. The number of amides is 1. The Morgan fingerprint density at radius 1 is 1.16 bits per heavy atom. The van der Waals surface area contributed by atoms with Gasteiger partial charge in [0.1, 0.15) is 13.2 Å². The molecule has 1 aromatic carbocycles. The number of hydrogen-bond acceptors (Lipinski definition) is 8. The summed E-state index contributed by atoms with van der Waals surface area (Å²) in [6.07, 6.45) is 3.48. The van der Waals surface area contributed by atoms with Crippen LogP contribution >= 0.6 is 0 Å². The summed E-state index contributed by atoms with van der Waals surface area (Å²) in [6.45, 7) is 4.49. The summed E-state index contributed by atoms with van der Waals surface area (Å²) in [6, 6.07) is 7.53. The van der Waals surface area contributed by atoms with E-state index in [-0.39, 0.29) is 23.9 Å². The van der Waals surface area contributed by atoms with Crippen molar-refractivity contribution in [2.24, 2.45) is 0 Å². The highest BCUT2D eigenvalue weighted by Crippen LogP contribution is 2.38. The number of aromatic nitrogens is 2. The number of benzene rings is 1. The van der Waals surface area contributed by atoms with Crippen LogP contribution in [0, 0.1) is 6.92 Å². The quantitative estimate of drug-likeness (QED) is 0.553. The molecule has 0 bridgehead atoms. The van der Waals surface area contributed by atoms with E-state index in [9.17, 15) is 4.79 Å². The van der Waals surface area contributed by atoms with Crippen LogP contribution in [0.2, 0.25) is 0 Å². The first-order valence-electron chi connectivity index (χ1n) is 11.0. The molecule has 1 unspecified atom stereocenters. The van der Waals surface area contributed by atoms with Crippen molar-refractivity contribution >= 4 is 5.91 Å². The number of hydrogen-bond donors (Lipinski definition) is 0. The molecular formula is C23H29N3O6. The summed E-state index contributed by atoms with van der Waals surface area (Å²) < 4.78 is 28.9. The summed E-state index contributed by atoms with van der Waals surface area (Å²) in [4.78, 5) is 22.5. The molecule has 2 aromatic rings. The Hall–Kier alpha value is -3.07. The highest BCUT2D eigenvalue weighted by atomic mass is 16.6. The number of likely N-dealkylation sites (tertiary alicyclic amines) is 1. The van der Waals surface area contributed by atoms with E-state index in [1.54, 1.807) is 18.1 Å². The van der Waals surface area contributed by atoms with Gasteiger partial charge in [0.05, 0.1) is 25.5 Å². The predicted molar refractivity (Wildman–Crippen MR) is 116 cm³/mol. The molecule has 0 aliphatic carbocycles. The Morgan fingerprint density at radius 2 is 2.00 bits per heavy atom. The van der Waals surface area contributed by atoms with Gasteiger partial charge in [-0.05, 0) is 38.3 Å². The zero-order valence-corrected chi connectivity index (χ0v) is 18.5. The second-order valence-electron chi connectivity index (χ2n) is 7.76. The third-order valence-electron chi connectivity index (χ3n) is 5.46. The first-order valence-corrected chi connectivity index (χ1v) is 11.0. The van der Waals surface area contributed by atoms with E-state index in [0.717, 1.165) is 32.4 Å². The molecule has 2 aliphatic heterocycles. The van der Waals surface area contributed by atoms with Gasteiger partial charge in [0.2, 0.25) is 11.7 Å². The standard InChI is InChI=1S/C23H29N3O6/c1-16-21(32-19-9-4-3-8-18(19)28-2)22(31-15-17-7-6-13-29-17)25-23(24-16)30-14-12-26-11-5-10-20(26)27/h3-4,8-9,17H,5-7,10-15H2,1-2H3. The fraction of sp³-hybridized carbons (Fsp3) is 0.522. The number of carbonyl (C=O) groups is 1. The van der Waals surface area contributed by atoms with Crippen LogP contribution in [-0.4, -0.2) is 66.9 Å². The predicted octanol–water partition coefficient (Wildman–Crippen LogP) is 3.14. The minimum absolute atomic E-state index is 0.0231. The van der Waals surface area contributed by atoms with Gasteiger partial charge in [-0.3, -0.25) is 4.79 Å². The molecule has 172 valence electrons. The lowest BCUT2D eigenvalue weighted by molar-refractivity contribution is -0.128. The van der Waals surface area contributed by atoms with E-state index in [0.29, 0.717) is 49.1 Å². The Kier molecular flexibility index (Phi) is 7.26. The number of ether oxygens (including phenoxy) is 5. The molecule has 0 N–H and O–H groups in total. The molecule has 9 nitrogen and oxygen atoms in total. The molecule has 2 saturated heterocycles. The Morgan fingerprint density at radius 3 is 2.72 bits per heavy atom. The average molecular weight is 444 g/mol. The van der Waals surface area contributed by atoms with Crippen LogP contribution in [0.5, 0.6) is 29.1 Å². The first kappa shape index (κ1) is 22.1. The maximum Gasteiger partial charge on any atom is 0.320 e. The smallest absolute Gasteiger partial charge is 0.320 e. The maximum atomic E-state index is 11.8. The zero-order valence-electron chi connectivity index (χ0n) is 18.5. The minimum Gasteiger partial charge on any atom is -0.493 e. The lowest BCUT2D eigenvalue weighted by atomic mass is 10.2. The van der Waals surface area contributed by atoms with Crippen LogP contribution in [-0.2, 0) is 9.53 Å². The fourth-order valence-electron chi connectivity index (χ4n) is 3.74. The van der Waals surface area contributed by atoms with Crippen molar-refractivity contribution in [2.45, 2.75) is 38.7 Å². The normalized spacial score (nSPS) is 18.1. The molecule has 0 saturated carbocycles. The van der Waals surface area contributed by atoms with E-state index in [1.807, 2.05) is 25.1 Å². The van der Waals surface area contributed by atoms with E-state index < -0.39 is 0 Å². The molecule has 1 aromatic heterocycles. The van der Waals surface area contributed by atoms with Gasteiger partial charge in [-0.15, -0.1) is 0 Å². The SMILES string of the molecule is COc1ccccc1Oc1c(C)nc(OCCN2CCCC2=O)nc1OCC1CCCO1. The van der Waals surface area contributed by atoms with E-state index in [4.69, 9.17) is 23.7 Å². The number of para-hydroxylation sites is 2. The summed E-state index contributed by atoms with van der Waals surface area (Å²) in [7, 11) is 1.59. The number of nitrogens with zero attached hydrogens (tertiary/aromatic N) is 3. The summed E-state index contributed by atoms with van der Waals surface area (Å²) >= 11 is 0. The largest absolute Gasteiger partial charge is 0.493 e. The topological polar surface area (TPSA) is 92.2 Å². The summed E-state index contributed by atoms with van der Waals surface area (Å²) in [5.41, 5.74) is 0.570. The Balaban J connectivity index is 1.51. The third kappa shape index (κ3) is 5.40. The first-order chi connectivity index (χ1) is 15.6. The fourth-order valence-corrected chi connectivity index (χ4v) is 3.74. The zero-order chi connectivity index (χ0) is 22.3. The molecule has 1 atom stereocenters. The monoisotopic (exact) mass is 443 g/mol. The van der Waals surface area contributed by atoms with E-state index >= 15 is 0 Å². The maximum absolute atomic E-state index is 11.8. The second-order valence-corrected chi connectivity index (χ2v) is 7.76. The molecular weight excluding hydrogens is 414 g/mol. The number of rotatable bonds is 10. The molecule has 1 amide bonds. The van der Waals surface area contributed by atoms with Crippen LogP contribution in [0.1, 0.15) is 31.4 Å². The molecule has 4 rings (SSSR count). The highest BCUT2D eigenvalue weighted by molar-refractivity contribution is 5.78. The van der Waals surface area contributed by atoms with Gasteiger partial charge in [0.25, 0.3) is 5.88 Å². The van der Waals surface area contributed by atoms with Gasteiger partial charge in [-0.2, -0.15) is 9.97 Å². The van der Waals surface area contributed by atoms with Gasteiger partial charge in [-0.25, -0.2) is 0 Å². The van der Waals surface area contributed by atoms with Crippen molar-refractivity contribution in [3.63, 3.8) is 0 Å². The van der Waals surface area contributed by atoms with Crippen molar-refractivity contribution in [3.05, 3.63) is 30.0 Å². The number of carbonyl (C=O) groups excluding carboxylic acids is 1. The van der Waals surface area contributed by atoms with Gasteiger partial charge >= 0.3 is 6.01 Å². The minimum atomic E-state index is 0.0231. The van der Waals surface area contributed by atoms with Gasteiger partial charge in [0, 0.05) is 19.6 Å². The average Bonchev–Trinajstić information content (AvgIpc) is 3.46. The van der Waals surface area contributed by atoms with Crippen LogP contribution in [0.25, 0.3) is 0 Å². The van der Waals surface area contributed by atoms with Crippen LogP contribution in [0.3, 0.4) is 0 Å². The molecule has 2 fully saturated rings. The van der Waals surface area contributed by atoms with Crippen molar-refractivity contribution in [2.75, 3.05) is 40.0 Å². The molecule has 0 radical (unpaired) electrons. The molecule has 0 spiro atoms. The number of aryl methyl sites for hydroxylation is 1. The highest BCUT2D eigenvalue weighted by Gasteiger charge is 2.23. The van der Waals surface area contributed by atoms with Crippen molar-refractivity contribution in [1.29, 1.82) is 0 Å². The van der Waals surface area contributed by atoms with E-state index in [2.05, 4.69) is 9.97 Å². The summed E-state index contributed by atoms with van der Waals surface area (Å²) in [5.74, 6) is 1.96. The van der Waals surface area contributed by atoms with E-state index in [1.165, 1.54) is 0 Å². The third-order valence-corrected chi connectivity index (χ3v) is 5.46. The van der Waals surface area contributed by atoms with Crippen molar-refractivity contribution in [1.82, 2.24) is 14.9 Å². The van der Waals surface area contributed by atoms with Gasteiger partial charge < -0.3 is 28.6 Å². The Labute approximate surface area is 187 Å². The van der Waals surface area contributed by atoms with Crippen molar-refractivity contribution in [3.8, 4) is 29.1 Å². The number of methoxy groups -OCH3 is 1. The Bertz CT molecular complexity index is 932. The van der Waals surface area contributed by atoms with Gasteiger partial charge in [-0.1, -0.05) is 12.1 Å². The lowest BCUT2D eigenvalue weighted by Crippen LogP contribution is -2.29. The van der Waals surface area contributed by atoms with Crippen LogP contribution < -0.4 is 18.9 Å². The van der Waals surface area contributed by atoms with Crippen molar-refractivity contribution < 1.29 is 28.5 Å². The van der Waals surface area contributed by atoms with Gasteiger partial charge in [0.15, 0.2) is 11.5 Å². The van der Waals surface area contributed by atoms with Crippen LogP contribution in [0.15, 0.2) is 24.3 Å². The molecule has 9 heteroatoms. The lowest BCUT2D eigenvalue weighted by Gasteiger charge is -2.18. The molecule has 32 heavy (non-hydrogen) atoms. The molecule has 3 heterocycles. The molecule has 2 aliphatic rings.